The molecule has 35 heavy (non-hydrogen) atoms. The fraction of sp³-hybridized carbons (Fsp3) is 0.250. The molecule has 182 valence electrons. The Bertz CT molecular complexity index is 1550. The smallest absolute Gasteiger partial charge is 0.416 e. The van der Waals surface area contributed by atoms with Crippen molar-refractivity contribution in [2.24, 2.45) is 7.05 Å². The molecule has 0 aliphatic rings. The maximum atomic E-state index is 13.5. The summed E-state index contributed by atoms with van der Waals surface area (Å²) >= 11 is 0. The highest BCUT2D eigenvalue weighted by atomic mass is 19.4. The number of aromatic nitrogens is 4. The molecule has 0 aliphatic heterocycles. The highest BCUT2D eigenvalue weighted by molar-refractivity contribution is 5.85. The highest BCUT2D eigenvalue weighted by Gasteiger charge is 2.31. The van der Waals surface area contributed by atoms with Gasteiger partial charge in [0.1, 0.15) is 0 Å². The van der Waals surface area contributed by atoms with Gasteiger partial charge in [0.2, 0.25) is 0 Å². The molecule has 8 nitrogen and oxygen atoms in total. The highest BCUT2D eigenvalue weighted by Crippen LogP contribution is 2.32. The first kappa shape index (κ1) is 24.0. The molecule has 1 atom stereocenters. The summed E-state index contributed by atoms with van der Waals surface area (Å²) in [5, 5.41) is 11.8. The van der Waals surface area contributed by atoms with Crippen molar-refractivity contribution in [2.75, 3.05) is 0 Å². The van der Waals surface area contributed by atoms with Crippen molar-refractivity contribution in [1.82, 2.24) is 18.7 Å². The Kier molecular flexibility index (Phi) is 6.10. The molecule has 0 fully saturated rings. The number of aryl methyl sites for hydroxylation is 1. The zero-order valence-corrected chi connectivity index (χ0v) is 18.7. The molecular weight excluding hydrogens is 465 g/mol. The molecule has 11 heteroatoms. The van der Waals surface area contributed by atoms with E-state index < -0.39 is 40.6 Å². The van der Waals surface area contributed by atoms with E-state index in [0.29, 0.717) is 16.5 Å². The molecule has 4 rings (SSSR count). The predicted octanol–water partition coefficient (Wildman–Crippen LogP) is 2.66. The minimum atomic E-state index is -4.64. The van der Waals surface area contributed by atoms with Crippen LogP contribution in [-0.4, -0.2) is 24.7 Å². The molecule has 0 N–H and O–H groups in total. The lowest BCUT2D eigenvalue weighted by Crippen LogP contribution is -2.46. The van der Waals surface area contributed by atoms with E-state index in [9.17, 15) is 32.7 Å². The van der Waals surface area contributed by atoms with Gasteiger partial charge in [0, 0.05) is 13.2 Å². The standard InChI is InChI=1S/C24H21F3N4O4/c1-3-5-19(14-6-4-7-15(10-14)24(25,26)27)31-21(32)17(22(33)34)12-30(23(31)35)16-8-9-20-18(11-16)28-13-29(20)2/h4,6-13,19H,3,5H2,1-2H3,(H,33,34)/p-1. The molecule has 2 heterocycles. The molecule has 0 radical (unpaired) electrons. The van der Waals surface area contributed by atoms with Crippen LogP contribution in [0, 0.1) is 0 Å². The van der Waals surface area contributed by atoms with Gasteiger partial charge < -0.3 is 14.5 Å². The fourth-order valence-corrected chi connectivity index (χ4v) is 4.09. The van der Waals surface area contributed by atoms with Crippen LogP contribution in [0.3, 0.4) is 0 Å². The van der Waals surface area contributed by atoms with Crippen LogP contribution in [0.2, 0.25) is 0 Å². The number of imidazole rings is 1. The summed E-state index contributed by atoms with van der Waals surface area (Å²) in [6.07, 6.45) is -1.68. The maximum Gasteiger partial charge on any atom is 0.416 e. The van der Waals surface area contributed by atoms with E-state index in [1.807, 2.05) is 0 Å². The first-order chi connectivity index (χ1) is 16.5. The zero-order valence-electron chi connectivity index (χ0n) is 18.7. The van der Waals surface area contributed by atoms with Gasteiger partial charge in [-0.15, -0.1) is 0 Å². The monoisotopic (exact) mass is 485 g/mol. The van der Waals surface area contributed by atoms with Gasteiger partial charge in [-0.2, -0.15) is 13.2 Å². The topological polar surface area (TPSA) is 102 Å². The van der Waals surface area contributed by atoms with Crippen LogP contribution in [-0.2, 0) is 13.2 Å². The lowest BCUT2D eigenvalue weighted by molar-refractivity contribution is -0.255. The Morgan fingerprint density at radius 1 is 1.14 bits per heavy atom. The molecule has 2 aromatic carbocycles. The summed E-state index contributed by atoms with van der Waals surface area (Å²) in [6, 6.07) is 7.94. The van der Waals surface area contributed by atoms with Crippen LogP contribution in [0.15, 0.2) is 64.6 Å². The number of hydrogen-bond donors (Lipinski definition) is 0. The molecule has 2 aromatic heterocycles. The van der Waals surface area contributed by atoms with Crippen LogP contribution < -0.4 is 16.4 Å². The maximum absolute atomic E-state index is 13.5. The van der Waals surface area contributed by atoms with Crippen LogP contribution in [0.1, 0.15) is 47.3 Å². The predicted molar refractivity (Wildman–Crippen MR) is 119 cm³/mol. The third-order valence-electron chi connectivity index (χ3n) is 5.80. The van der Waals surface area contributed by atoms with Crippen LogP contribution >= 0.6 is 0 Å². The van der Waals surface area contributed by atoms with E-state index in [2.05, 4.69) is 4.98 Å². The van der Waals surface area contributed by atoms with E-state index in [0.717, 1.165) is 28.4 Å². The summed E-state index contributed by atoms with van der Waals surface area (Å²) < 4.78 is 43.4. The largest absolute Gasteiger partial charge is 0.545 e. The van der Waals surface area contributed by atoms with Crippen molar-refractivity contribution in [3.05, 3.63) is 92.5 Å². The van der Waals surface area contributed by atoms with Crippen molar-refractivity contribution in [1.29, 1.82) is 0 Å². The number of hydrogen-bond acceptors (Lipinski definition) is 5. The molecule has 0 saturated heterocycles. The second-order valence-electron chi connectivity index (χ2n) is 8.11. The van der Waals surface area contributed by atoms with Crippen LogP contribution in [0.25, 0.3) is 16.7 Å². The Morgan fingerprint density at radius 2 is 1.89 bits per heavy atom. The molecule has 1 unspecified atom stereocenters. The third-order valence-corrected chi connectivity index (χ3v) is 5.80. The van der Waals surface area contributed by atoms with Gasteiger partial charge in [0.05, 0.1) is 46.2 Å². The first-order valence-corrected chi connectivity index (χ1v) is 10.7. The third kappa shape index (κ3) is 4.36. The summed E-state index contributed by atoms with van der Waals surface area (Å²) in [5.74, 6) is -1.81. The van der Waals surface area contributed by atoms with Crippen LogP contribution in [0.5, 0.6) is 0 Å². The molecule has 0 spiro atoms. The van der Waals surface area contributed by atoms with Crippen molar-refractivity contribution in [3.8, 4) is 5.69 Å². The average Bonchev–Trinajstić information content (AvgIpc) is 3.18. The number of benzene rings is 2. The zero-order chi connectivity index (χ0) is 25.5. The Morgan fingerprint density at radius 3 is 2.54 bits per heavy atom. The van der Waals surface area contributed by atoms with Gasteiger partial charge in [-0.1, -0.05) is 25.5 Å². The number of fused-ring (bicyclic) bond motifs is 1. The molecule has 4 aromatic rings. The SMILES string of the molecule is CCCC(c1cccc(C(F)(F)F)c1)n1c(=O)c(C(=O)[O-])cn(-c2ccc3c(c2)ncn3C)c1=O. The molecule has 0 amide bonds. The number of aromatic carboxylic acids is 1. The summed E-state index contributed by atoms with van der Waals surface area (Å²) in [6.45, 7) is 1.74. The molecule has 0 bridgehead atoms. The number of carbonyl (C=O) groups excluding carboxylic acids is 1. The first-order valence-electron chi connectivity index (χ1n) is 10.7. The number of nitrogens with zero attached hydrogens (tertiary/aromatic N) is 4. The second-order valence-corrected chi connectivity index (χ2v) is 8.11. The summed E-state index contributed by atoms with van der Waals surface area (Å²) in [5.41, 5.74) is -2.22. The fourth-order valence-electron chi connectivity index (χ4n) is 4.09. The summed E-state index contributed by atoms with van der Waals surface area (Å²) in [4.78, 5) is 42.6. The van der Waals surface area contributed by atoms with Gasteiger partial charge >= 0.3 is 11.9 Å². The van der Waals surface area contributed by atoms with Crippen molar-refractivity contribution in [3.63, 3.8) is 0 Å². The number of carboxylic acid groups (broad SMARTS) is 1. The number of rotatable bonds is 6. The number of alkyl halides is 3. The lowest BCUT2D eigenvalue weighted by Gasteiger charge is -2.22. The molecule has 0 aliphatic carbocycles. The van der Waals surface area contributed by atoms with Gasteiger partial charge in [-0.25, -0.2) is 9.78 Å². The van der Waals surface area contributed by atoms with Crippen molar-refractivity contribution in [2.45, 2.75) is 32.0 Å². The van der Waals surface area contributed by atoms with Gasteiger partial charge in [0.15, 0.2) is 0 Å². The Hall–Kier alpha value is -4.15. The number of halogens is 3. The van der Waals surface area contributed by atoms with Gasteiger partial charge in [0.25, 0.3) is 5.56 Å². The Labute approximate surface area is 196 Å². The van der Waals surface area contributed by atoms with Crippen molar-refractivity contribution >= 4 is 17.0 Å². The van der Waals surface area contributed by atoms with E-state index in [-0.39, 0.29) is 17.7 Å². The Balaban J connectivity index is 1.99. The molecular formula is C24H20F3N4O4-. The number of carboxylic acids is 1. The quantitative estimate of drug-likeness (QED) is 0.418. The van der Waals surface area contributed by atoms with Crippen molar-refractivity contribution < 1.29 is 23.1 Å². The average molecular weight is 485 g/mol. The minimum Gasteiger partial charge on any atom is -0.545 e. The van der Waals surface area contributed by atoms with E-state index in [1.54, 1.807) is 43.1 Å². The van der Waals surface area contributed by atoms with E-state index >= 15 is 0 Å². The van der Waals surface area contributed by atoms with Gasteiger partial charge in [-0.05, 0) is 42.3 Å². The number of carbonyl (C=O) groups is 1. The minimum absolute atomic E-state index is 0.0584. The lowest BCUT2D eigenvalue weighted by atomic mass is 9.99. The summed E-state index contributed by atoms with van der Waals surface area (Å²) in [7, 11) is 1.78. The van der Waals surface area contributed by atoms with E-state index in [4.69, 9.17) is 0 Å². The van der Waals surface area contributed by atoms with Gasteiger partial charge in [-0.3, -0.25) is 13.9 Å². The van der Waals surface area contributed by atoms with Crippen LogP contribution in [0.4, 0.5) is 13.2 Å². The molecule has 0 saturated carbocycles. The second kappa shape index (κ2) is 8.90. The van der Waals surface area contributed by atoms with E-state index in [1.165, 1.54) is 12.1 Å². The normalized spacial score (nSPS) is 12.7.